The first-order valence-corrected chi connectivity index (χ1v) is 6.56. The summed E-state index contributed by atoms with van der Waals surface area (Å²) in [5.41, 5.74) is 6.76. The highest BCUT2D eigenvalue weighted by Gasteiger charge is 2.14. The van der Waals surface area contributed by atoms with E-state index in [4.69, 9.17) is 5.73 Å². The van der Waals surface area contributed by atoms with Crippen LogP contribution in [0.2, 0.25) is 0 Å². The molecule has 0 fully saturated rings. The van der Waals surface area contributed by atoms with Gasteiger partial charge in [0, 0.05) is 27.9 Å². The number of anilines is 1. The Kier molecular flexibility index (Phi) is 4.69. The smallest absolute Gasteiger partial charge is 0.0439 e. The fourth-order valence-electron chi connectivity index (χ4n) is 1.33. The molecule has 3 heteroatoms. The zero-order chi connectivity index (χ0) is 12.2. The first-order valence-electron chi connectivity index (χ1n) is 5.68. The summed E-state index contributed by atoms with van der Waals surface area (Å²) >= 11 is 1.88. The van der Waals surface area contributed by atoms with Gasteiger partial charge in [0.25, 0.3) is 0 Å². The first-order chi connectivity index (χ1) is 7.43. The van der Waals surface area contributed by atoms with Crippen molar-refractivity contribution in [3.05, 3.63) is 24.3 Å². The van der Waals surface area contributed by atoms with Crippen LogP contribution in [0.25, 0.3) is 0 Å². The molecule has 0 saturated carbocycles. The van der Waals surface area contributed by atoms with Crippen molar-refractivity contribution in [3.8, 4) is 0 Å². The average molecular weight is 238 g/mol. The van der Waals surface area contributed by atoms with Crippen molar-refractivity contribution in [2.45, 2.75) is 43.4 Å². The van der Waals surface area contributed by atoms with Gasteiger partial charge in [-0.25, -0.2) is 0 Å². The zero-order valence-electron chi connectivity index (χ0n) is 10.6. The molecule has 0 heterocycles. The van der Waals surface area contributed by atoms with Crippen molar-refractivity contribution in [1.82, 2.24) is 0 Å². The Morgan fingerprint density at radius 2 is 1.81 bits per heavy atom. The van der Waals surface area contributed by atoms with Crippen LogP contribution in [0.15, 0.2) is 29.2 Å². The number of thioether (sulfide) groups is 1. The molecule has 1 aromatic carbocycles. The molecule has 16 heavy (non-hydrogen) atoms. The van der Waals surface area contributed by atoms with Gasteiger partial charge in [-0.1, -0.05) is 13.8 Å². The number of nitrogens with one attached hydrogen (secondary N) is 1. The molecule has 0 radical (unpaired) electrons. The highest BCUT2D eigenvalue weighted by molar-refractivity contribution is 7.99. The van der Waals surface area contributed by atoms with E-state index < -0.39 is 0 Å². The van der Waals surface area contributed by atoms with Gasteiger partial charge in [-0.2, -0.15) is 0 Å². The lowest BCUT2D eigenvalue weighted by molar-refractivity contribution is 0.580. The van der Waals surface area contributed by atoms with E-state index in [-0.39, 0.29) is 5.54 Å². The van der Waals surface area contributed by atoms with Crippen molar-refractivity contribution >= 4 is 17.4 Å². The molecule has 0 spiro atoms. The molecule has 0 aliphatic rings. The first kappa shape index (κ1) is 13.4. The van der Waals surface area contributed by atoms with E-state index in [2.05, 4.69) is 57.3 Å². The van der Waals surface area contributed by atoms with Gasteiger partial charge in [0.15, 0.2) is 0 Å². The van der Waals surface area contributed by atoms with Crippen LogP contribution in [0.1, 0.15) is 27.7 Å². The molecule has 1 rings (SSSR count). The highest BCUT2D eigenvalue weighted by Crippen LogP contribution is 2.25. The van der Waals surface area contributed by atoms with E-state index in [0.29, 0.717) is 11.8 Å². The zero-order valence-corrected chi connectivity index (χ0v) is 11.4. The topological polar surface area (TPSA) is 38.0 Å². The van der Waals surface area contributed by atoms with Crippen LogP contribution >= 0.6 is 11.8 Å². The van der Waals surface area contributed by atoms with Crippen molar-refractivity contribution in [2.24, 2.45) is 5.73 Å². The summed E-state index contributed by atoms with van der Waals surface area (Å²) in [7, 11) is 0. The number of hydrogen-bond acceptors (Lipinski definition) is 3. The summed E-state index contributed by atoms with van der Waals surface area (Å²) in [6.45, 7) is 9.23. The van der Waals surface area contributed by atoms with E-state index in [1.807, 2.05) is 11.8 Å². The minimum absolute atomic E-state index is 0.0489. The van der Waals surface area contributed by atoms with Gasteiger partial charge < -0.3 is 11.1 Å². The standard InChI is InChI=1S/C13H22N2S/c1-10(2)16-12-7-5-11(6-8-12)15-13(3,4)9-14/h5-8,10,15H,9,14H2,1-4H3. The predicted molar refractivity (Wildman–Crippen MR) is 74.2 cm³/mol. The fourth-order valence-corrected chi connectivity index (χ4v) is 2.17. The third kappa shape index (κ3) is 4.45. The van der Waals surface area contributed by atoms with Crippen LogP contribution in [0.3, 0.4) is 0 Å². The molecule has 3 N–H and O–H groups in total. The minimum Gasteiger partial charge on any atom is -0.379 e. The molecule has 0 aromatic heterocycles. The van der Waals surface area contributed by atoms with E-state index in [9.17, 15) is 0 Å². The van der Waals surface area contributed by atoms with Crippen LogP contribution in [0, 0.1) is 0 Å². The Morgan fingerprint density at radius 3 is 2.25 bits per heavy atom. The molecule has 0 bridgehead atoms. The quantitative estimate of drug-likeness (QED) is 0.773. The highest BCUT2D eigenvalue weighted by atomic mass is 32.2. The Bertz CT molecular complexity index is 317. The van der Waals surface area contributed by atoms with Crippen LogP contribution in [-0.2, 0) is 0 Å². The van der Waals surface area contributed by atoms with Crippen LogP contribution in [0.4, 0.5) is 5.69 Å². The molecule has 90 valence electrons. The third-order valence-corrected chi connectivity index (χ3v) is 3.23. The van der Waals surface area contributed by atoms with Gasteiger partial charge in [0.2, 0.25) is 0 Å². The van der Waals surface area contributed by atoms with Crippen LogP contribution in [-0.4, -0.2) is 17.3 Å². The number of hydrogen-bond donors (Lipinski definition) is 2. The molecule has 1 aromatic rings. The van der Waals surface area contributed by atoms with E-state index in [1.165, 1.54) is 4.90 Å². The lowest BCUT2D eigenvalue weighted by Gasteiger charge is -2.25. The molecular weight excluding hydrogens is 216 g/mol. The summed E-state index contributed by atoms with van der Waals surface area (Å²) in [6, 6.07) is 8.53. The monoisotopic (exact) mass is 238 g/mol. The lowest BCUT2D eigenvalue weighted by Crippen LogP contribution is -2.39. The fraction of sp³-hybridized carbons (Fsp3) is 0.538. The second-order valence-electron chi connectivity index (χ2n) is 4.90. The van der Waals surface area contributed by atoms with Crippen molar-refractivity contribution < 1.29 is 0 Å². The molecule has 0 unspecified atom stereocenters. The van der Waals surface area contributed by atoms with Gasteiger partial charge in [0.1, 0.15) is 0 Å². The van der Waals surface area contributed by atoms with E-state index >= 15 is 0 Å². The number of benzene rings is 1. The SMILES string of the molecule is CC(C)Sc1ccc(NC(C)(C)CN)cc1. The summed E-state index contributed by atoms with van der Waals surface area (Å²) in [6.07, 6.45) is 0. The van der Waals surface area contributed by atoms with Gasteiger partial charge in [-0.3, -0.25) is 0 Å². The van der Waals surface area contributed by atoms with Crippen LogP contribution < -0.4 is 11.1 Å². The van der Waals surface area contributed by atoms with Crippen molar-refractivity contribution in [2.75, 3.05) is 11.9 Å². The van der Waals surface area contributed by atoms with Gasteiger partial charge in [-0.05, 0) is 38.1 Å². The van der Waals surface area contributed by atoms with Crippen molar-refractivity contribution in [1.29, 1.82) is 0 Å². The lowest BCUT2D eigenvalue weighted by atomic mass is 10.1. The minimum atomic E-state index is -0.0489. The molecule has 0 aliphatic heterocycles. The molecule has 0 aliphatic carbocycles. The number of rotatable bonds is 5. The molecule has 0 saturated heterocycles. The second kappa shape index (κ2) is 5.60. The third-order valence-electron chi connectivity index (χ3n) is 2.22. The maximum atomic E-state index is 5.68. The van der Waals surface area contributed by atoms with Gasteiger partial charge in [0.05, 0.1) is 0 Å². The van der Waals surface area contributed by atoms with Crippen LogP contribution in [0.5, 0.6) is 0 Å². The predicted octanol–water partition coefficient (Wildman–Crippen LogP) is 3.34. The Labute approximate surface area is 103 Å². The van der Waals surface area contributed by atoms with Gasteiger partial charge >= 0.3 is 0 Å². The molecule has 0 amide bonds. The second-order valence-corrected chi connectivity index (χ2v) is 6.55. The Hall–Kier alpha value is -0.670. The maximum Gasteiger partial charge on any atom is 0.0439 e. The molecule has 0 atom stereocenters. The summed E-state index contributed by atoms with van der Waals surface area (Å²) in [5.74, 6) is 0. The number of nitrogens with two attached hydrogens (primary N) is 1. The van der Waals surface area contributed by atoms with E-state index in [0.717, 1.165) is 5.69 Å². The summed E-state index contributed by atoms with van der Waals surface area (Å²) < 4.78 is 0. The Balaban J connectivity index is 2.64. The average Bonchev–Trinajstić information content (AvgIpc) is 2.20. The van der Waals surface area contributed by atoms with E-state index in [1.54, 1.807) is 0 Å². The summed E-state index contributed by atoms with van der Waals surface area (Å²) in [4.78, 5) is 1.31. The molecule has 2 nitrogen and oxygen atoms in total. The summed E-state index contributed by atoms with van der Waals surface area (Å²) in [5, 5.41) is 4.04. The Morgan fingerprint density at radius 1 is 1.25 bits per heavy atom. The normalized spacial score (nSPS) is 11.9. The maximum absolute atomic E-state index is 5.68. The van der Waals surface area contributed by atoms with Crippen molar-refractivity contribution in [3.63, 3.8) is 0 Å². The largest absolute Gasteiger partial charge is 0.379 e. The molecular formula is C13H22N2S. The van der Waals surface area contributed by atoms with Gasteiger partial charge in [-0.15, -0.1) is 11.8 Å².